The molecule has 0 aliphatic carbocycles. The molecule has 1 atom stereocenters. The zero-order chi connectivity index (χ0) is 12.6. The third-order valence-corrected chi connectivity index (χ3v) is 2.19. The van der Waals surface area contributed by atoms with Crippen LogP contribution < -0.4 is 5.32 Å². The van der Waals surface area contributed by atoms with Gasteiger partial charge in [0.05, 0.1) is 6.61 Å². The van der Waals surface area contributed by atoms with E-state index in [1.807, 2.05) is 0 Å². The average Bonchev–Trinajstić information content (AvgIpc) is 2.15. The predicted octanol–water partition coefficient (Wildman–Crippen LogP) is 0.474. The van der Waals surface area contributed by atoms with Crippen molar-refractivity contribution in [2.24, 2.45) is 5.92 Å². The second-order valence-corrected chi connectivity index (χ2v) is 4.55. The standard InChI is InChI=1S/C11H23NO4/c1-9(2)4-6-16-7-5-12-8-11(3,15)10(13)14/h9,12,15H,4-8H2,1-3H3,(H,13,14). The summed E-state index contributed by atoms with van der Waals surface area (Å²) in [5.74, 6) is -0.596. The van der Waals surface area contributed by atoms with Crippen molar-refractivity contribution >= 4 is 5.97 Å². The Balaban J connectivity index is 3.37. The van der Waals surface area contributed by atoms with Gasteiger partial charge in [0, 0.05) is 19.7 Å². The Labute approximate surface area is 96.8 Å². The second kappa shape index (κ2) is 7.60. The summed E-state index contributed by atoms with van der Waals surface area (Å²) in [6.07, 6.45) is 1.02. The van der Waals surface area contributed by atoms with Gasteiger partial charge < -0.3 is 20.3 Å². The van der Waals surface area contributed by atoms with Gasteiger partial charge in [-0.2, -0.15) is 0 Å². The molecule has 0 aromatic rings. The van der Waals surface area contributed by atoms with E-state index in [9.17, 15) is 9.90 Å². The minimum absolute atomic E-state index is 0.0237. The van der Waals surface area contributed by atoms with E-state index in [2.05, 4.69) is 19.2 Å². The van der Waals surface area contributed by atoms with Crippen molar-refractivity contribution < 1.29 is 19.7 Å². The number of ether oxygens (including phenoxy) is 1. The quantitative estimate of drug-likeness (QED) is 0.505. The average molecular weight is 233 g/mol. The first-order chi connectivity index (χ1) is 7.36. The molecule has 0 amide bonds. The number of hydrogen-bond donors (Lipinski definition) is 3. The fourth-order valence-electron chi connectivity index (χ4n) is 0.973. The Morgan fingerprint density at radius 1 is 1.44 bits per heavy atom. The molecule has 16 heavy (non-hydrogen) atoms. The third-order valence-electron chi connectivity index (χ3n) is 2.19. The van der Waals surface area contributed by atoms with E-state index in [1.54, 1.807) is 0 Å². The van der Waals surface area contributed by atoms with Gasteiger partial charge in [0.1, 0.15) is 0 Å². The number of nitrogens with one attached hydrogen (secondary N) is 1. The first-order valence-corrected chi connectivity index (χ1v) is 5.60. The Morgan fingerprint density at radius 3 is 2.56 bits per heavy atom. The maximum Gasteiger partial charge on any atom is 0.336 e. The summed E-state index contributed by atoms with van der Waals surface area (Å²) in [7, 11) is 0. The normalized spacial score (nSPS) is 15.1. The Morgan fingerprint density at radius 2 is 2.06 bits per heavy atom. The fraction of sp³-hybridized carbons (Fsp3) is 0.909. The lowest BCUT2D eigenvalue weighted by atomic mass is 10.1. The predicted molar refractivity (Wildman–Crippen MR) is 61.4 cm³/mol. The zero-order valence-electron chi connectivity index (χ0n) is 10.3. The fourth-order valence-corrected chi connectivity index (χ4v) is 0.973. The van der Waals surface area contributed by atoms with Crippen molar-refractivity contribution in [3.8, 4) is 0 Å². The smallest absolute Gasteiger partial charge is 0.336 e. The molecule has 0 radical (unpaired) electrons. The highest BCUT2D eigenvalue weighted by atomic mass is 16.5. The van der Waals surface area contributed by atoms with Crippen molar-refractivity contribution in [3.63, 3.8) is 0 Å². The maximum atomic E-state index is 10.5. The van der Waals surface area contributed by atoms with E-state index in [4.69, 9.17) is 9.84 Å². The molecule has 0 aromatic heterocycles. The molecule has 3 N–H and O–H groups in total. The number of aliphatic carboxylic acids is 1. The monoisotopic (exact) mass is 233 g/mol. The third kappa shape index (κ3) is 7.62. The van der Waals surface area contributed by atoms with Crippen molar-refractivity contribution in [3.05, 3.63) is 0 Å². The van der Waals surface area contributed by atoms with Gasteiger partial charge in [0.2, 0.25) is 0 Å². The Kier molecular flexibility index (Phi) is 7.29. The number of aliphatic hydroxyl groups is 1. The van der Waals surface area contributed by atoms with Crippen LogP contribution in [-0.4, -0.2) is 48.1 Å². The van der Waals surface area contributed by atoms with E-state index in [0.29, 0.717) is 25.7 Å². The summed E-state index contributed by atoms with van der Waals surface area (Å²) >= 11 is 0. The molecule has 0 aliphatic heterocycles. The minimum Gasteiger partial charge on any atom is -0.479 e. The van der Waals surface area contributed by atoms with Crippen LogP contribution in [0.4, 0.5) is 0 Å². The number of carboxylic acids is 1. The van der Waals surface area contributed by atoms with Crippen molar-refractivity contribution in [2.45, 2.75) is 32.8 Å². The molecule has 0 rings (SSSR count). The second-order valence-electron chi connectivity index (χ2n) is 4.55. The number of carboxylic acid groups (broad SMARTS) is 1. The lowest BCUT2D eigenvalue weighted by molar-refractivity contribution is -0.156. The van der Waals surface area contributed by atoms with E-state index < -0.39 is 11.6 Å². The first-order valence-electron chi connectivity index (χ1n) is 5.60. The van der Waals surface area contributed by atoms with E-state index in [1.165, 1.54) is 6.92 Å². The lowest BCUT2D eigenvalue weighted by Gasteiger charge is -2.18. The van der Waals surface area contributed by atoms with Gasteiger partial charge in [-0.1, -0.05) is 13.8 Å². The summed E-state index contributed by atoms with van der Waals surface area (Å²) in [5.41, 5.74) is -1.71. The van der Waals surface area contributed by atoms with E-state index in [-0.39, 0.29) is 6.54 Å². The summed E-state index contributed by atoms with van der Waals surface area (Å²) < 4.78 is 5.33. The van der Waals surface area contributed by atoms with Gasteiger partial charge in [-0.05, 0) is 19.3 Å². The minimum atomic E-state index is -1.71. The maximum absolute atomic E-state index is 10.5. The topological polar surface area (TPSA) is 78.8 Å². The molecule has 0 aliphatic rings. The van der Waals surface area contributed by atoms with Gasteiger partial charge >= 0.3 is 5.97 Å². The van der Waals surface area contributed by atoms with Crippen LogP contribution in [0.15, 0.2) is 0 Å². The SMILES string of the molecule is CC(C)CCOCCNCC(C)(O)C(=O)O. The molecule has 5 nitrogen and oxygen atoms in total. The molecule has 0 spiro atoms. The molecule has 0 aromatic carbocycles. The molecule has 0 fully saturated rings. The summed E-state index contributed by atoms with van der Waals surface area (Å²) in [6.45, 7) is 7.34. The van der Waals surface area contributed by atoms with Crippen LogP contribution in [0, 0.1) is 5.92 Å². The lowest BCUT2D eigenvalue weighted by Crippen LogP contribution is -2.45. The molecule has 96 valence electrons. The highest BCUT2D eigenvalue weighted by Gasteiger charge is 2.28. The van der Waals surface area contributed by atoms with Crippen LogP contribution in [0.25, 0.3) is 0 Å². The highest BCUT2D eigenvalue weighted by molar-refractivity contribution is 5.76. The van der Waals surface area contributed by atoms with Crippen molar-refractivity contribution in [2.75, 3.05) is 26.3 Å². The van der Waals surface area contributed by atoms with E-state index >= 15 is 0 Å². The molecule has 0 saturated carbocycles. The van der Waals surface area contributed by atoms with Gasteiger partial charge in [0.25, 0.3) is 0 Å². The Bertz CT molecular complexity index is 204. The van der Waals surface area contributed by atoms with Gasteiger partial charge in [-0.25, -0.2) is 4.79 Å². The summed E-state index contributed by atoms with van der Waals surface area (Å²) in [5, 5.41) is 20.8. The van der Waals surface area contributed by atoms with Gasteiger partial charge in [-0.15, -0.1) is 0 Å². The molecule has 0 saturated heterocycles. The van der Waals surface area contributed by atoms with Crippen LogP contribution >= 0.6 is 0 Å². The number of hydrogen-bond acceptors (Lipinski definition) is 4. The van der Waals surface area contributed by atoms with Crippen molar-refractivity contribution in [1.82, 2.24) is 5.32 Å². The molecule has 0 bridgehead atoms. The van der Waals surface area contributed by atoms with Gasteiger partial charge in [0.15, 0.2) is 5.60 Å². The number of rotatable bonds is 9. The zero-order valence-corrected chi connectivity index (χ0v) is 10.3. The first kappa shape index (κ1) is 15.3. The van der Waals surface area contributed by atoms with Crippen molar-refractivity contribution in [1.29, 1.82) is 0 Å². The van der Waals surface area contributed by atoms with Crippen LogP contribution in [0.1, 0.15) is 27.2 Å². The molecule has 1 unspecified atom stereocenters. The van der Waals surface area contributed by atoms with Crippen LogP contribution in [0.2, 0.25) is 0 Å². The van der Waals surface area contributed by atoms with E-state index in [0.717, 1.165) is 6.42 Å². The van der Waals surface area contributed by atoms with Crippen LogP contribution in [-0.2, 0) is 9.53 Å². The Hall–Kier alpha value is -0.650. The van der Waals surface area contributed by atoms with Crippen LogP contribution in [0.5, 0.6) is 0 Å². The molecule has 0 heterocycles. The largest absolute Gasteiger partial charge is 0.479 e. The van der Waals surface area contributed by atoms with Crippen LogP contribution in [0.3, 0.4) is 0 Å². The summed E-state index contributed by atoms with van der Waals surface area (Å²) in [6, 6.07) is 0. The molecular weight excluding hydrogens is 210 g/mol. The molecule has 5 heteroatoms. The number of carbonyl (C=O) groups is 1. The summed E-state index contributed by atoms with van der Waals surface area (Å²) in [4.78, 5) is 10.5. The van der Waals surface area contributed by atoms with Gasteiger partial charge in [-0.3, -0.25) is 0 Å². The highest BCUT2D eigenvalue weighted by Crippen LogP contribution is 2.00. The molecular formula is C11H23NO4.